The molecule has 7 heterocycles. The summed E-state index contributed by atoms with van der Waals surface area (Å²) >= 11 is 0. The number of nitrogens with one attached hydrogen (secondary N) is 5. The minimum Gasteiger partial charge on any atom is -0.444 e. The fraction of sp³-hybridized carbons (Fsp3) is 0.457. The Hall–Kier alpha value is -6.05. The van der Waals surface area contributed by atoms with Crippen LogP contribution in [-0.2, 0) is 52.8 Å². The number of hydrogen-bond donors (Lipinski definition) is 11. The Morgan fingerprint density at radius 2 is 1.56 bits per heavy atom. The zero-order valence-corrected chi connectivity index (χ0v) is 37.0. The number of carbonyl (C=O) groups is 3. The number of H-pyrrole nitrogens is 1. The summed E-state index contributed by atoms with van der Waals surface area (Å²) in [4.78, 5) is 93.5. The van der Waals surface area contributed by atoms with E-state index in [0.29, 0.717) is 30.6 Å². The standard InChI is InChI=1S/C35H44N14O17P2/c1-38-17(3-2-8-39-34(37)54)29(52)44-16-6-4-15(5-7-16)9-60-35(55)45-26-20-27(41-12-40-26)48(13-42-20)32-25-22(50)18(63-32)10-61-67(56,57)65-24-19(11-62-68(58,59)66-25)64-31(23(24)51)49-14-43-21-28(49)46-33(36)47-30(21)53/h4-7,12-14,17-19,22-25,31-32,38,50-51H,2-3,8-11H2,1H3,(H,44,52)(H,56,57)(H,58,59)(H3,37,39,54)(H3,36,46,47,53)(H,40,41,45,55)/t17-,18?,19?,22?,23?,24?,25?,31?,32?/m0/s1. The first-order chi connectivity index (χ1) is 32.4. The molecule has 31 nitrogen and oxygen atoms in total. The number of imidazole rings is 2. The maximum atomic E-state index is 13.5. The van der Waals surface area contributed by atoms with Crippen molar-refractivity contribution in [2.75, 3.05) is 43.2 Å². The number of rotatable bonds is 12. The van der Waals surface area contributed by atoms with Gasteiger partial charge in [0.05, 0.1) is 31.9 Å². The smallest absolute Gasteiger partial charge is 0.444 e. The van der Waals surface area contributed by atoms with Crippen LogP contribution in [-0.4, -0.2) is 147 Å². The molecule has 2 bridgehead atoms. The van der Waals surface area contributed by atoms with Crippen molar-refractivity contribution in [3.63, 3.8) is 0 Å². The van der Waals surface area contributed by atoms with E-state index in [9.17, 15) is 48.3 Å². The van der Waals surface area contributed by atoms with Gasteiger partial charge in [-0.3, -0.25) is 47.1 Å². The van der Waals surface area contributed by atoms with E-state index < -0.39 is 102 Å². The number of aromatic amines is 1. The van der Waals surface area contributed by atoms with Crippen molar-refractivity contribution in [3.8, 4) is 0 Å². The van der Waals surface area contributed by atoms with Crippen LogP contribution in [0.15, 0.2) is 48.0 Å². The van der Waals surface area contributed by atoms with E-state index in [1.807, 2.05) is 0 Å². The average molecular weight is 995 g/mol. The van der Waals surface area contributed by atoms with Gasteiger partial charge >= 0.3 is 27.8 Å². The van der Waals surface area contributed by atoms with Gasteiger partial charge in [-0.25, -0.2) is 38.7 Å². The second kappa shape index (κ2) is 19.9. The topological polar surface area (TPSA) is 438 Å². The molecule has 0 spiro atoms. The quantitative estimate of drug-likeness (QED) is 0.0516. The molecule has 68 heavy (non-hydrogen) atoms. The van der Waals surface area contributed by atoms with Gasteiger partial charge in [0.25, 0.3) is 5.56 Å². The lowest BCUT2D eigenvalue weighted by Gasteiger charge is -2.25. The first-order valence-electron chi connectivity index (χ1n) is 20.3. The molecule has 3 fully saturated rings. The molecule has 33 heteroatoms. The molecule has 0 saturated carbocycles. The van der Waals surface area contributed by atoms with Crippen LogP contribution in [0.3, 0.4) is 0 Å². The van der Waals surface area contributed by atoms with Crippen LogP contribution in [0.25, 0.3) is 22.3 Å². The Morgan fingerprint density at radius 3 is 2.26 bits per heavy atom. The largest absolute Gasteiger partial charge is 0.472 e. The lowest BCUT2D eigenvalue weighted by molar-refractivity contribution is -0.118. The number of nitrogens with two attached hydrogens (primary N) is 2. The number of fused-ring (bicyclic) bond motifs is 5. The number of hydrogen-bond acceptors (Lipinski definition) is 22. The molecule has 366 valence electrons. The molecule has 11 atom stereocenters. The van der Waals surface area contributed by atoms with Crippen LogP contribution < -0.4 is 38.3 Å². The zero-order valence-electron chi connectivity index (χ0n) is 35.3. The van der Waals surface area contributed by atoms with Crippen molar-refractivity contribution in [1.82, 2.24) is 49.7 Å². The van der Waals surface area contributed by atoms with Gasteiger partial charge in [-0.2, -0.15) is 4.98 Å². The van der Waals surface area contributed by atoms with E-state index in [1.54, 1.807) is 31.3 Å². The van der Waals surface area contributed by atoms with Crippen molar-refractivity contribution in [2.24, 2.45) is 5.73 Å². The fourth-order valence-electron chi connectivity index (χ4n) is 7.49. The molecule has 3 aliphatic heterocycles. The molecule has 13 N–H and O–H groups in total. The molecular weight excluding hydrogens is 950 g/mol. The molecular formula is C35H44N14O17P2. The third-order valence-electron chi connectivity index (χ3n) is 10.7. The van der Waals surface area contributed by atoms with Crippen molar-refractivity contribution in [3.05, 3.63) is 59.2 Å². The molecule has 10 unspecified atom stereocenters. The van der Waals surface area contributed by atoms with Gasteiger partial charge in [-0.1, -0.05) is 12.1 Å². The summed E-state index contributed by atoms with van der Waals surface area (Å²) in [5, 5.41) is 33.2. The monoisotopic (exact) mass is 994 g/mol. The van der Waals surface area contributed by atoms with Crippen molar-refractivity contribution >= 4 is 73.5 Å². The van der Waals surface area contributed by atoms with Gasteiger partial charge in [0.15, 0.2) is 40.6 Å². The third-order valence-corrected chi connectivity index (χ3v) is 12.7. The molecule has 4 aromatic heterocycles. The van der Waals surface area contributed by atoms with Crippen LogP contribution >= 0.6 is 15.6 Å². The van der Waals surface area contributed by atoms with E-state index in [1.165, 1.54) is 4.57 Å². The number of aliphatic hydroxyl groups is 2. The minimum absolute atomic E-state index is 0.0399. The van der Waals surface area contributed by atoms with E-state index >= 15 is 0 Å². The van der Waals surface area contributed by atoms with Gasteiger partial charge in [0.1, 0.15) is 49.6 Å². The number of likely N-dealkylation sites (N-methyl/N-ethyl adjacent to an activating group) is 1. The average Bonchev–Trinajstić information content (AvgIpc) is 4.06. The van der Waals surface area contributed by atoms with Crippen LogP contribution in [0, 0.1) is 0 Å². The van der Waals surface area contributed by atoms with Gasteiger partial charge in [0, 0.05) is 12.2 Å². The number of anilines is 3. The summed E-state index contributed by atoms with van der Waals surface area (Å²) in [6.07, 6.45) is -10.3. The van der Waals surface area contributed by atoms with Crippen LogP contribution in [0.4, 0.5) is 27.0 Å². The maximum Gasteiger partial charge on any atom is 0.472 e. The molecule has 3 saturated heterocycles. The lowest BCUT2D eigenvalue weighted by atomic mass is 10.1. The highest BCUT2D eigenvalue weighted by Gasteiger charge is 2.54. The molecule has 0 aliphatic carbocycles. The van der Waals surface area contributed by atoms with E-state index in [-0.39, 0.29) is 46.6 Å². The summed E-state index contributed by atoms with van der Waals surface area (Å²) in [5.41, 5.74) is 10.6. The highest BCUT2D eigenvalue weighted by atomic mass is 31.2. The van der Waals surface area contributed by atoms with Gasteiger partial charge in [-0.15, -0.1) is 0 Å². The number of ether oxygens (including phenoxy) is 3. The van der Waals surface area contributed by atoms with Crippen LogP contribution in [0.5, 0.6) is 0 Å². The number of phosphoric acid groups is 2. The molecule has 3 aliphatic rings. The number of phosphoric ester groups is 2. The fourth-order valence-corrected chi connectivity index (χ4v) is 9.39. The maximum absolute atomic E-state index is 13.5. The number of aliphatic hydroxyl groups excluding tert-OH is 2. The van der Waals surface area contributed by atoms with Crippen molar-refractivity contribution in [1.29, 1.82) is 0 Å². The summed E-state index contributed by atoms with van der Waals surface area (Å²) < 4.78 is 67.5. The first-order valence-corrected chi connectivity index (χ1v) is 23.3. The predicted molar refractivity (Wildman–Crippen MR) is 228 cm³/mol. The van der Waals surface area contributed by atoms with E-state index in [2.05, 4.69) is 51.2 Å². The van der Waals surface area contributed by atoms with Crippen LogP contribution in [0.1, 0.15) is 30.9 Å². The molecule has 4 amide bonds. The SMILES string of the molecule is CN[C@@H](CCCNC(N)=O)C(=O)Nc1ccc(COC(=O)Nc2ncnc3c2ncn3C2OC3COP(=O)(O)OC4C(COP(=O)(O)OC2C3O)OC(n2cnc3c(=O)[nH]c(N)nc32)C4O)cc1. The first kappa shape index (κ1) is 48.4. The number of urea groups is 1. The Morgan fingerprint density at radius 1 is 0.897 bits per heavy atom. The molecule has 1 aromatic carbocycles. The van der Waals surface area contributed by atoms with Crippen molar-refractivity contribution in [2.45, 2.75) is 74.6 Å². The number of primary amides is 1. The predicted octanol–water partition coefficient (Wildman–Crippen LogP) is -1.20. The number of carbonyl (C=O) groups excluding carboxylic acids is 3. The second-order valence-electron chi connectivity index (χ2n) is 15.3. The highest BCUT2D eigenvalue weighted by molar-refractivity contribution is 7.47. The highest BCUT2D eigenvalue weighted by Crippen LogP contribution is 2.53. The zero-order chi connectivity index (χ0) is 48.5. The number of nitrogens with zero attached hydrogens (tertiary/aromatic N) is 7. The van der Waals surface area contributed by atoms with Crippen molar-refractivity contribution < 1.29 is 75.8 Å². The Balaban J connectivity index is 0.927. The molecule has 8 rings (SSSR count). The Labute approximate surface area is 381 Å². The van der Waals surface area contributed by atoms with Gasteiger partial charge < -0.3 is 61.6 Å². The number of amides is 4. The third kappa shape index (κ3) is 10.6. The summed E-state index contributed by atoms with van der Waals surface area (Å²) in [6.45, 7) is -1.70. The van der Waals surface area contributed by atoms with E-state index in [4.69, 9.17) is 43.8 Å². The Bertz CT molecular complexity index is 2830. The lowest BCUT2D eigenvalue weighted by Crippen LogP contribution is -2.39. The molecule has 0 radical (unpaired) electrons. The van der Waals surface area contributed by atoms with Gasteiger partial charge in [0.2, 0.25) is 11.9 Å². The van der Waals surface area contributed by atoms with E-state index in [0.717, 1.165) is 23.5 Å². The second-order valence-corrected chi connectivity index (χ2v) is 18.1. The molecule has 5 aromatic rings. The summed E-state index contributed by atoms with van der Waals surface area (Å²) in [6, 6.07) is 5.30. The number of benzene rings is 1. The normalized spacial score (nSPS) is 29.0. The number of nitrogen functional groups attached to an aromatic ring is 1. The summed E-state index contributed by atoms with van der Waals surface area (Å²) in [5.74, 6) is -0.746. The summed E-state index contributed by atoms with van der Waals surface area (Å²) in [7, 11) is -8.81. The number of aromatic nitrogens is 8. The minimum atomic E-state index is -5.25. The van der Waals surface area contributed by atoms with Crippen LogP contribution in [0.2, 0.25) is 0 Å². The Kier molecular flexibility index (Phi) is 14.2. The van der Waals surface area contributed by atoms with Gasteiger partial charge in [-0.05, 0) is 37.6 Å².